The molecule has 0 unspecified atom stereocenters. The molecule has 7 nitrogen and oxygen atoms in total. The van der Waals surface area contributed by atoms with Gasteiger partial charge in [-0.1, -0.05) is 41.0 Å². The Bertz CT molecular complexity index is 967. The van der Waals surface area contributed by atoms with E-state index in [9.17, 15) is 8.78 Å². The van der Waals surface area contributed by atoms with Crippen molar-refractivity contribution in [1.29, 1.82) is 0 Å². The smallest absolute Gasteiger partial charge is 0.387 e. The number of nitrogens with one attached hydrogen (secondary N) is 1. The van der Waals surface area contributed by atoms with Crippen LogP contribution in [0.25, 0.3) is 0 Å². The summed E-state index contributed by atoms with van der Waals surface area (Å²) in [6.07, 6.45) is 0.506. The van der Waals surface area contributed by atoms with Crippen LogP contribution in [-0.4, -0.2) is 33.9 Å². The zero-order valence-corrected chi connectivity index (χ0v) is 15.5. The summed E-state index contributed by atoms with van der Waals surface area (Å²) in [5.41, 5.74) is 1.48. The van der Waals surface area contributed by atoms with E-state index in [0.717, 1.165) is 5.56 Å². The highest BCUT2D eigenvalue weighted by Gasteiger charge is 2.33. The number of aromatic nitrogens is 4. The molecule has 0 spiro atoms. The molecule has 1 N–H and O–H groups in total. The van der Waals surface area contributed by atoms with E-state index >= 15 is 0 Å². The van der Waals surface area contributed by atoms with Gasteiger partial charge in [0.2, 0.25) is 5.95 Å². The molecular formula is C18H16ClF2N5O2. The van der Waals surface area contributed by atoms with Crippen LogP contribution in [0.1, 0.15) is 29.6 Å². The van der Waals surface area contributed by atoms with Crippen molar-refractivity contribution in [2.75, 3.05) is 12.4 Å². The largest absolute Gasteiger partial charge is 0.493 e. The normalized spacial score (nSPS) is 18.5. The third-order valence-corrected chi connectivity index (χ3v) is 4.87. The van der Waals surface area contributed by atoms with Crippen LogP contribution in [-0.2, 0) is 0 Å². The fourth-order valence-corrected chi connectivity index (χ4v) is 3.51. The average Bonchev–Trinajstić information content (AvgIpc) is 3.16. The van der Waals surface area contributed by atoms with Gasteiger partial charge >= 0.3 is 6.61 Å². The number of halogens is 3. The molecule has 3 aromatic rings. The first-order valence-corrected chi connectivity index (χ1v) is 8.86. The van der Waals surface area contributed by atoms with E-state index in [2.05, 4.69) is 20.8 Å². The number of rotatable bonds is 5. The summed E-state index contributed by atoms with van der Waals surface area (Å²) in [4.78, 5) is 0. The van der Waals surface area contributed by atoms with Crippen LogP contribution in [0.5, 0.6) is 11.5 Å². The van der Waals surface area contributed by atoms with E-state index in [1.165, 1.54) is 7.11 Å². The molecule has 10 heteroatoms. The van der Waals surface area contributed by atoms with Crippen molar-refractivity contribution in [2.24, 2.45) is 0 Å². The van der Waals surface area contributed by atoms with Crippen LogP contribution in [0.15, 0.2) is 42.5 Å². The molecule has 0 fully saturated rings. The van der Waals surface area contributed by atoms with Gasteiger partial charge in [0, 0.05) is 10.6 Å². The molecule has 2 atom stereocenters. The van der Waals surface area contributed by atoms with Crippen molar-refractivity contribution in [2.45, 2.75) is 25.1 Å². The number of para-hydroxylation sites is 1. The highest BCUT2D eigenvalue weighted by Crippen LogP contribution is 2.43. The monoisotopic (exact) mass is 407 g/mol. The average molecular weight is 408 g/mol. The molecule has 146 valence electrons. The molecule has 0 radical (unpaired) electrons. The Morgan fingerprint density at radius 3 is 2.71 bits per heavy atom. The number of benzene rings is 2. The van der Waals surface area contributed by atoms with Gasteiger partial charge in [0.1, 0.15) is 0 Å². The lowest BCUT2D eigenvalue weighted by Crippen LogP contribution is -2.28. The second kappa shape index (κ2) is 7.59. The van der Waals surface area contributed by atoms with Gasteiger partial charge in [-0.25, -0.2) is 4.68 Å². The van der Waals surface area contributed by atoms with E-state index < -0.39 is 12.7 Å². The van der Waals surface area contributed by atoms with E-state index in [1.54, 1.807) is 35.0 Å². The first-order valence-electron chi connectivity index (χ1n) is 8.48. The summed E-state index contributed by atoms with van der Waals surface area (Å²) in [6.45, 7) is -2.99. The minimum Gasteiger partial charge on any atom is -0.493 e. The summed E-state index contributed by atoms with van der Waals surface area (Å²) in [5, 5.41) is 15.6. The predicted octanol–water partition coefficient (Wildman–Crippen LogP) is 4.08. The van der Waals surface area contributed by atoms with Crippen molar-refractivity contribution >= 4 is 17.5 Å². The zero-order chi connectivity index (χ0) is 19.7. The van der Waals surface area contributed by atoms with Crippen molar-refractivity contribution < 1.29 is 18.3 Å². The third kappa shape index (κ3) is 3.45. The fraction of sp³-hybridized carbons (Fsp3) is 0.278. The van der Waals surface area contributed by atoms with Crippen molar-refractivity contribution in [3.63, 3.8) is 0 Å². The SMILES string of the molecule is COc1cccc([C@@H]2C[C@H](c3ccc(Cl)cc3)Nc3nnnn32)c1OC(F)F. The summed E-state index contributed by atoms with van der Waals surface area (Å²) in [6, 6.07) is 11.8. The minimum atomic E-state index is -2.99. The van der Waals surface area contributed by atoms with Crippen LogP contribution >= 0.6 is 11.6 Å². The molecule has 1 aliphatic heterocycles. The summed E-state index contributed by atoms with van der Waals surface area (Å²) in [5.74, 6) is 0.624. The van der Waals surface area contributed by atoms with Gasteiger partial charge in [-0.3, -0.25) is 0 Å². The van der Waals surface area contributed by atoms with Gasteiger partial charge in [-0.15, -0.1) is 0 Å². The Kier molecular flexibility index (Phi) is 4.99. The maximum absolute atomic E-state index is 13.0. The van der Waals surface area contributed by atoms with Crippen LogP contribution in [0.4, 0.5) is 14.7 Å². The highest BCUT2D eigenvalue weighted by atomic mass is 35.5. The zero-order valence-electron chi connectivity index (χ0n) is 14.7. The Hall–Kier alpha value is -2.94. The van der Waals surface area contributed by atoms with Gasteiger partial charge < -0.3 is 14.8 Å². The molecule has 28 heavy (non-hydrogen) atoms. The van der Waals surface area contributed by atoms with Crippen LogP contribution in [0.2, 0.25) is 5.02 Å². The number of tetrazole rings is 1. The van der Waals surface area contributed by atoms with Crippen LogP contribution in [0, 0.1) is 0 Å². The van der Waals surface area contributed by atoms with Crippen molar-refractivity contribution in [3.8, 4) is 11.5 Å². The summed E-state index contributed by atoms with van der Waals surface area (Å²) >= 11 is 5.98. The molecule has 4 rings (SSSR count). The predicted molar refractivity (Wildman–Crippen MR) is 98.0 cm³/mol. The van der Waals surface area contributed by atoms with Crippen molar-refractivity contribution in [1.82, 2.24) is 20.2 Å². The molecule has 0 aliphatic carbocycles. The number of hydrogen-bond acceptors (Lipinski definition) is 6. The van der Waals surface area contributed by atoms with Crippen LogP contribution in [0.3, 0.4) is 0 Å². The lowest BCUT2D eigenvalue weighted by Gasteiger charge is -2.32. The molecule has 2 heterocycles. The molecular weight excluding hydrogens is 392 g/mol. The second-order valence-corrected chi connectivity index (χ2v) is 6.64. The lowest BCUT2D eigenvalue weighted by molar-refractivity contribution is -0.0521. The standard InChI is InChI=1S/C18H16ClF2N5O2/c1-27-15-4-2-3-12(16(15)28-17(20)21)14-9-13(10-5-7-11(19)8-6-10)22-18-23-24-25-26(14)18/h2-8,13-14,17H,9H2,1H3,(H,22,23,25)/t13-,14+/m1/s1. The quantitative estimate of drug-likeness (QED) is 0.687. The van der Waals surface area contributed by atoms with Gasteiger partial charge in [0.25, 0.3) is 0 Å². The van der Waals surface area contributed by atoms with Gasteiger partial charge in [0.15, 0.2) is 11.5 Å². The number of alkyl halides is 2. The molecule has 1 aliphatic rings. The Morgan fingerprint density at radius 1 is 1.21 bits per heavy atom. The molecule has 0 bridgehead atoms. The Balaban J connectivity index is 1.78. The number of anilines is 1. The van der Waals surface area contributed by atoms with E-state index in [0.29, 0.717) is 23.0 Å². The number of fused-ring (bicyclic) bond motifs is 1. The number of ether oxygens (including phenoxy) is 2. The van der Waals surface area contributed by atoms with Gasteiger partial charge in [-0.05, 0) is 40.6 Å². The third-order valence-electron chi connectivity index (χ3n) is 4.62. The summed E-state index contributed by atoms with van der Waals surface area (Å²) < 4.78 is 37.7. The number of nitrogens with zero attached hydrogens (tertiary/aromatic N) is 4. The minimum absolute atomic E-state index is 0.0248. The molecule has 2 aromatic carbocycles. The van der Waals surface area contributed by atoms with E-state index in [-0.39, 0.29) is 17.5 Å². The van der Waals surface area contributed by atoms with Crippen molar-refractivity contribution in [3.05, 3.63) is 58.6 Å². The Labute approximate surface area is 164 Å². The van der Waals surface area contributed by atoms with Gasteiger partial charge in [-0.2, -0.15) is 8.78 Å². The van der Waals surface area contributed by atoms with Crippen LogP contribution < -0.4 is 14.8 Å². The molecule has 1 aromatic heterocycles. The second-order valence-electron chi connectivity index (χ2n) is 6.20. The molecule has 0 amide bonds. The fourth-order valence-electron chi connectivity index (χ4n) is 3.38. The summed E-state index contributed by atoms with van der Waals surface area (Å²) in [7, 11) is 1.40. The number of hydrogen-bond donors (Lipinski definition) is 1. The maximum atomic E-state index is 13.0. The maximum Gasteiger partial charge on any atom is 0.387 e. The molecule has 0 saturated heterocycles. The number of methoxy groups -OCH3 is 1. The van der Waals surface area contributed by atoms with Gasteiger partial charge in [0.05, 0.1) is 19.2 Å². The first-order chi connectivity index (χ1) is 13.6. The topological polar surface area (TPSA) is 74.1 Å². The highest BCUT2D eigenvalue weighted by molar-refractivity contribution is 6.30. The molecule has 0 saturated carbocycles. The first kappa shape index (κ1) is 18.4. The lowest BCUT2D eigenvalue weighted by atomic mass is 9.92. The van der Waals surface area contributed by atoms with E-state index in [4.69, 9.17) is 21.1 Å². The van der Waals surface area contributed by atoms with E-state index in [1.807, 2.05) is 12.1 Å². The Morgan fingerprint density at radius 2 is 2.00 bits per heavy atom.